The van der Waals surface area contributed by atoms with Gasteiger partial charge in [-0.15, -0.1) is 0 Å². The summed E-state index contributed by atoms with van der Waals surface area (Å²) in [4.78, 5) is 24.8. The second-order valence-electron chi connectivity index (χ2n) is 6.29. The van der Waals surface area contributed by atoms with Crippen LogP contribution >= 0.6 is 0 Å². The third-order valence-corrected chi connectivity index (χ3v) is 4.47. The normalized spacial score (nSPS) is 13.7. The van der Waals surface area contributed by atoms with E-state index < -0.39 is 22.3 Å². The zero-order valence-corrected chi connectivity index (χ0v) is 15.3. The predicted octanol–water partition coefficient (Wildman–Crippen LogP) is 2.67. The molecule has 2 aromatic carbocycles. The third kappa shape index (κ3) is 4.20. The highest BCUT2D eigenvalue weighted by Crippen LogP contribution is 2.36. The molecule has 0 bridgehead atoms. The largest absolute Gasteiger partial charge is 0.500 e. The van der Waals surface area contributed by atoms with Crippen LogP contribution in [-0.4, -0.2) is 42.4 Å². The van der Waals surface area contributed by atoms with Gasteiger partial charge in [0.25, 0.3) is 5.91 Å². The molecule has 1 aliphatic heterocycles. The SMILES string of the molecule is COc1cc(/C=N/NC(=O)c2ccc(N3CCCC3)cc2)cc([N+](=O)[O-])c1O. The molecule has 3 rings (SSSR count). The summed E-state index contributed by atoms with van der Waals surface area (Å²) in [5.74, 6) is -1.02. The number of carbonyl (C=O) groups excluding carboxylic acids is 1. The van der Waals surface area contributed by atoms with Crippen LogP contribution in [0.3, 0.4) is 0 Å². The Balaban J connectivity index is 1.67. The van der Waals surface area contributed by atoms with Crippen molar-refractivity contribution in [2.24, 2.45) is 5.10 Å². The number of hydrazone groups is 1. The fourth-order valence-electron chi connectivity index (χ4n) is 3.01. The Hall–Kier alpha value is -3.62. The van der Waals surface area contributed by atoms with Crippen LogP contribution in [0.1, 0.15) is 28.8 Å². The lowest BCUT2D eigenvalue weighted by Crippen LogP contribution is -2.19. The summed E-state index contributed by atoms with van der Waals surface area (Å²) in [6.45, 7) is 2.05. The zero-order chi connectivity index (χ0) is 20.1. The molecule has 0 radical (unpaired) electrons. The number of nitrogens with zero attached hydrogens (tertiary/aromatic N) is 3. The van der Waals surface area contributed by atoms with E-state index in [0.29, 0.717) is 11.1 Å². The average Bonchev–Trinajstić information content (AvgIpc) is 3.23. The molecule has 2 N–H and O–H groups in total. The van der Waals surface area contributed by atoms with E-state index >= 15 is 0 Å². The maximum Gasteiger partial charge on any atom is 0.315 e. The van der Waals surface area contributed by atoms with Crippen molar-refractivity contribution in [3.8, 4) is 11.5 Å². The molecule has 146 valence electrons. The molecule has 1 aliphatic rings. The van der Waals surface area contributed by atoms with Gasteiger partial charge in [-0.2, -0.15) is 5.10 Å². The Morgan fingerprint density at radius 3 is 2.57 bits per heavy atom. The van der Waals surface area contributed by atoms with Crippen molar-refractivity contribution in [1.29, 1.82) is 0 Å². The molecule has 1 saturated heterocycles. The Morgan fingerprint density at radius 1 is 1.29 bits per heavy atom. The molecule has 9 heteroatoms. The number of aromatic hydroxyl groups is 1. The number of anilines is 1. The first-order valence-electron chi connectivity index (χ1n) is 8.73. The number of carbonyl (C=O) groups is 1. The van der Waals surface area contributed by atoms with Crippen LogP contribution in [0.15, 0.2) is 41.5 Å². The van der Waals surface area contributed by atoms with E-state index in [-0.39, 0.29) is 5.75 Å². The van der Waals surface area contributed by atoms with Crippen molar-refractivity contribution < 1.29 is 19.6 Å². The number of benzene rings is 2. The van der Waals surface area contributed by atoms with Crippen LogP contribution < -0.4 is 15.1 Å². The fourth-order valence-corrected chi connectivity index (χ4v) is 3.01. The first-order chi connectivity index (χ1) is 13.5. The quantitative estimate of drug-likeness (QED) is 0.449. The third-order valence-electron chi connectivity index (χ3n) is 4.47. The topological polar surface area (TPSA) is 117 Å². The maximum atomic E-state index is 12.2. The molecular weight excluding hydrogens is 364 g/mol. The second-order valence-corrected chi connectivity index (χ2v) is 6.29. The lowest BCUT2D eigenvalue weighted by molar-refractivity contribution is -0.386. The van der Waals surface area contributed by atoms with Gasteiger partial charge < -0.3 is 14.7 Å². The van der Waals surface area contributed by atoms with E-state index in [9.17, 15) is 20.0 Å². The minimum atomic E-state index is -0.726. The first-order valence-corrected chi connectivity index (χ1v) is 8.73. The Labute approximate surface area is 161 Å². The predicted molar refractivity (Wildman–Crippen MR) is 104 cm³/mol. The molecule has 1 amide bonds. The van der Waals surface area contributed by atoms with E-state index in [0.717, 1.165) is 24.8 Å². The summed E-state index contributed by atoms with van der Waals surface area (Å²) in [6, 6.07) is 9.78. The number of phenols is 1. The van der Waals surface area contributed by atoms with Crippen molar-refractivity contribution in [3.05, 3.63) is 57.6 Å². The Kier molecular flexibility index (Phi) is 5.73. The van der Waals surface area contributed by atoms with Crippen LogP contribution in [0.5, 0.6) is 11.5 Å². The van der Waals surface area contributed by atoms with Crippen molar-refractivity contribution >= 4 is 23.5 Å². The van der Waals surface area contributed by atoms with Crippen LogP contribution in [0, 0.1) is 10.1 Å². The Morgan fingerprint density at radius 2 is 1.96 bits per heavy atom. The van der Waals surface area contributed by atoms with E-state index in [1.54, 1.807) is 12.1 Å². The molecule has 28 heavy (non-hydrogen) atoms. The van der Waals surface area contributed by atoms with Gasteiger partial charge in [-0.25, -0.2) is 5.43 Å². The van der Waals surface area contributed by atoms with Gasteiger partial charge in [0.05, 0.1) is 18.2 Å². The molecule has 1 heterocycles. The molecule has 2 aromatic rings. The number of ether oxygens (including phenoxy) is 1. The van der Waals surface area contributed by atoms with E-state index in [1.807, 2.05) is 12.1 Å². The van der Waals surface area contributed by atoms with Crippen molar-refractivity contribution in [3.63, 3.8) is 0 Å². The summed E-state index contributed by atoms with van der Waals surface area (Å²) in [5, 5.41) is 24.6. The number of amides is 1. The number of hydrogen-bond donors (Lipinski definition) is 2. The summed E-state index contributed by atoms with van der Waals surface area (Å²) in [7, 11) is 1.29. The second kappa shape index (κ2) is 8.38. The van der Waals surface area contributed by atoms with Gasteiger partial charge in [0, 0.05) is 36.0 Å². The van der Waals surface area contributed by atoms with Gasteiger partial charge in [0.1, 0.15) is 0 Å². The monoisotopic (exact) mass is 384 g/mol. The van der Waals surface area contributed by atoms with Crippen molar-refractivity contribution in [2.45, 2.75) is 12.8 Å². The number of rotatable bonds is 6. The fraction of sp³-hybridized carbons (Fsp3) is 0.263. The smallest absolute Gasteiger partial charge is 0.315 e. The van der Waals surface area contributed by atoms with E-state index in [2.05, 4.69) is 15.4 Å². The van der Waals surface area contributed by atoms with Gasteiger partial charge in [-0.3, -0.25) is 14.9 Å². The summed E-state index contributed by atoms with van der Waals surface area (Å²) in [5.41, 5.74) is 3.71. The number of nitro benzene ring substituents is 1. The number of nitrogens with one attached hydrogen (secondary N) is 1. The number of phenolic OH excluding ortho intramolecular Hbond substituents is 1. The average molecular weight is 384 g/mol. The van der Waals surface area contributed by atoms with E-state index in [1.165, 1.54) is 32.2 Å². The highest BCUT2D eigenvalue weighted by Gasteiger charge is 2.19. The highest BCUT2D eigenvalue weighted by atomic mass is 16.6. The highest BCUT2D eigenvalue weighted by molar-refractivity contribution is 5.95. The Bertz CT molecular complexity index is 905. The summed E-state index contributed by atoms with van der Waals surface area (Å²) < 4.78 is 4.92. The molecule has 0 aromatic heterocycles. The number of methoxy groups -OCH3 is 1. The molecule has 0 atom stereocenters. The van der Waals surface area contributed by atoms with Crippen molar-refractivity contribution in [2.75, 3.05) is 25.1 Å². The minimum absolute atomic E-state index is 0.0560. The maximum absolute atomic E-state index is 12.2. The molecule has 0 saturated carbocycles. The van der Waals surface area contributed by atoms with Crippen LogP contribution in [-0.2, 0) is 0 Å². The molecule has 0 unspecified atom stereocenters. The molecule has 1 fully saturated rings. The summed E-state index contributed by atoms with van der Waals surface area (Å²) >= 11 is 0. The molecule has 0 spiro atoms. The number of nitro groups is 1. The van der Waals surface area contributed by atoms with Crippen LogP contribution in [0.2, 0.25) is 0 Å². The standard InChI is InChI=1S/C19H20N4O5/c1-28-17-11-13(10-16(18(17)24)23(26)27)12-20-21-19(25)14-4-6-15(7-5-14)22-8-2-3-9-22/h4-7,10-12,24H,2-3,8-9H2,1H3,(H,21,25)/b20-12+. The lowest BCUT2D eigenvalue weighted by atomic mass is 10.2. The van der Waals surface area contributed by atoms with Gasteiger partial charge >= 0.3 is 5.69 Å². The molecule has 9 nitrogen and oxygen atoms in total. The van der Waals surface area contributed by atoms with Gasteiger partial charge in [-0.1, -0.05) is 0 Å². The van der Waals surface area contributed by atoms with Crippen LogP contribution in [0.25, 0.3) is 0 Å². The first kappa shape index (κ1) is 19.2. The summed E-state index contributed by atoms with van der Waals surface area (Å²) in [6.07, 6.45) is 3.60. The van der Waals surface area contributed by atoms with Crippen LogP contribution in [0.4, 0.5) is 11.4 Å². The van der Waals surface area contributed by atoms with Gasteiger partial charge in [0.2, 0.25) is 5.75 Å². The molecule has 0 aliphatic carbocycles. The van der Waals surface area contributed by atoms with Crippen molar-refractivity contribution in [1.82, 2.24) is 5.43 Å². The van der Waals surface area contributed by atoms with E-state index in [4.69, 9.17) is 4.74 Å². The lowest BCUT2D eigenvalue weighted by Gasteiger charge is -2.17. The van der Waals surface area contributed by atoms with Gasteiger partial charge in [-0.05, 0) is 43.2 Å². The molecular formula is C19H20N4O5. The minimum Gasteiger partial charge on any atom is -0.500 e. The zero-order valence-electron chi connectivity index (χ0n) is 15.3. The number of hydrogen-bond acceptors (Lipinski definition) is 7. The van der Waals surface area contributed by atoms with Gasteiger partial charge in [0.15, 0.2) is 5.75 Å².